The van der Waals surface area contributed by atoms with E-state index in [0.29, 0.717) is 0 Å². The molecule has 94 valence electrons. The van der Waals surface area contributed by atoms with Gasteiger partial charge in [0.1, 0.15) is 0 Å². The fourth-order valence-electron chi connectivity index (χ4n) is 1.94. The van der Waals surface area contributed by atoms with Gasteiger partial charge >= 0.3 is 0 Å². The molecule has 3 heteroatoms. The van der Waals surface area contributed by atoms with Crippen LogP contribution in [0.5, 0.6) is 0 Å². The number of benzene rings is 2. The monoisotopic (exact) mass is 248 g/mol. The van der Waals surface area contributed by atoms with Gasteiger partial charge < -0.3 is 5.11 Å². The Morgan fingerprint density at radius 2 is 1.78 bits per heavy atom. The quantitative estimate of drug-likeness (QED) is 0.880. The summed E-state index contributed by atoms with van der Waals surface area (Å²) in [5.41, 5.74) is 1.94. The van der Waals surface area contributed by atoms with E-state index in [4.69, 9.17) is 0 Å². The zero-order chi connectivity index (χ0) is 13.1. The summed E-state index contributed by atoms with van der Waals surface area (Å²) in [7, 11) is 0. The van der Waals surface area contributed by atoms with Crippen LogP contribution in [0.2, 0.25) is 0 Å². The molecule has 0 radical (unpaired) electrons. The number of halogens is 2. The molecule has 0 saturated carbocycles. The second kappa shape index (κ2) is 5.27. The van der Waals surface area contributed by atoms with Crippen molar-refractivity contribution in [3.8, 4) is 0 Å². The van der Waals surface area contributed by atoms with Crippen LogP contribution >= 0.6 is 0 Å². The topological polar surface area (TPSA) is 20.2 Å². The van der Waals surface area contributed by atoms with Crippen LogP contribution in [-0.2, 0) is 6.42 Å². The molecule has 0 aliphatic heterocycles. The highest BCUT2D eigenvalue weighted by atomic mass is 19.2. The largest absolute Gasteiger partial charge is 0.388 e. The van der Waals surface area contributed by atoms with E-state index < -0.39 is 17.7 Å². The van der Waals surface area contributed by atoms with Crippen molar-refractivity contribution in [2.24, 2.45) is 0 Å². The lowest BCUT2D eigenvalue weighted by Crippen LogP contribution is -2.06. The third-order valence-corrected chi connectivity index (χ3v) is 3.01. The zero-order valence-electron chi connectivity index (χ0n) is 10.0. The van der Waals surface area contributed by atoms with Crippen LogP contribution < -0.4 is 0 Å². The minimum Gasteiger partial charge on any atom is -0.388 e. The summed E-state index contributed by atoms with van der Waals surface area (Å²) in [5, 5.41) is 10.00. The lowest BCUT2D eigenvalue weighted by Gasteiger charge is -2.13. The predicted octanol–water partition coefficient (Wildman–Crippen LogP) is 3.55. The summed E-state index contributed by atoms with van der Waals surface area (Å²) in [4.78, 5) is 0. The molecule has 0 heterocycles. The van der Waals surface area contributed by atoms with Gasteiger partial charge in [0.2, 0.25) is 0 Å². The lowest BCUT2D eigenvalue weighted by atomic mass is 9.98. The minimum absolute atomic E-state index is 0.00162. The van der Waals surface area contributed by atoms with E-state index in [1.54, 1.807) is 0 Å². The van der Waals surface area contributed by atoms with E-state index in [9.17, 15) is 13.9 Å². The number of aliphatic hydroxyl groups excluding tert-OH is 1. The average molecular weight is 248 g/mol. The third-order valence-electron chi connectivity index (χ3n) is 3.01. The standard InChI is InChI=1S/C15H14F2O/c1-10-5-2-3-6-11(10)9-14(18)12-7-4-8-13(16)15(12)17/h2-8,14,18H,9H2,1H3. The highest BCUT2D eigenvalue weighted by Crippen LogP contribution is 2.23. The molecule has 0 saturated heterocycles. The molecule has 0 aromatic heterocycles. The molecule has 0 amide bonds. The predicted molar refractivity (Wildman–Crippen MR) is 66.2 cm³/mol. The van der Waals surface area contributed by atoms with Crippen LogP contribution in [-0.4, -0.2) is 5.11 Å². The van der Waals surface area contributed by atoms with Crippen LogP contribution in [0.3, 0.4) is 0 Å². The van der Waals surface area contributed by atoms with Gasteiger partial charge in [0.05, 0.1) is 6.10 Å². The third kappa shape index (κ3) is 2.57. The van der Waals surface area contributed by atoms with Crippen molar-refractivity contribution in [2.45, 2.75) is 19.4 Å². The molecule has 1 atom stereocenters. The smallest absolute Gasteiger partial charge is 0.164 e. The average Bonchev–Trinajstić information content (AvgIpc) is 2.35. The Balaban J connectivity index is 2.25. The number of aryl methyl sites for hydroxylation is 1. The fraction of sp³-hybridized carbons (Fsp3) is 0.200. The molecule has 2 aromatic rings. The molecule has 0 bridgehead atoms. The van der Waals surface area contributed by atoms with Crippen molar-refractivity contribution in [1.82, 2.24) is 0 Å². The van der Waals surface area contributed by atoms with Crippen LogP contribution in [0.25, 0.3) is 0 Å². The Morgan fingerprint density at radius 1 is 1.06 bits per heavy atom. The Bertz CT molecular complexity index is 552. The first-order valence-corrected chi connectivity index (χ1v) is 5.76. The summed E-state index contributed by atoms with van der Waals surface area (Å²) in [6.45, 7) is 1.92. The maximum absolute atomic E-state index is 13.5. The molecule has 1 unspecified atom stereocenters. The lowest BCUT2D eigenvalue weighted by molar-refractivity contribution is 0.172. The van der Waals surface area contributed by atoms with Gasteiger partial charge in [0, 0.05) is 12.0 Å². The molecule has 1 N–H and O–H groups in total. The molecule has 1 nitrogen and oxygen atoms in total. The Labute approximate surface area is 105 Å². The van der Waals surface area contributed by atoms with Gasteiger partial charge in [-0.2, -0.15) is 0 Å². The first-order valence-electron chi connectivity index (χ1n) is 5.76. The maximum Gasteiger partial charge on any atom is 0.164 e. The molecule has 0 aliphatic carbocycles. The van der Waals surface area contributed by atoms with Gasteiger partial charge in [-0.1, -0.05) is 36.4 Å². The van der Waals surface area contributed by atoms with Crippen LogP contribution in [0.1, 0.15) is 22.8 Å². The number of hydrogen-bond donors (Lipinski definition) is 1. The summed E-state index contributed by atoms with van der Waals surface area (Å²) in [6, 6.07) is 11.4. The van der Waals surface area contributed by atoms with Crippen molar-refractivity contribution in [3.63, 3.8) is 0 Å². The first-order chi connectivity index (χ1) is 8.59. The number of aliphatic hydroxyl groups is 1. The van der Waals surface area contributed by atoms with Crippen LogP contribution in [0.15, 0.2) is 42.5 Å². The van der Waals surface area contributed by atoms with Gasteiger partial charge in [-0.15, -0.1) is 0 Å². The van der Waals surface area contributed by atoms with Crippen molar-refractivity contribution in [1.29, 1.82) is 0 Å². The second-order valence-electron chi connectivity index (χ2n) is 4.29. The van der Waals surface area contributed by atoms with Gasteiger partial charge in [-0.3, -0.25) is 0 Å². The van der Waals surface area contributed by atoms with E-state index in [1.165, 1.54) is 12.1 Å². The van der Waals surface area contributed by atoms with Gasteiger partial charge in [0.15, 0.2) is 11.6 Å². The van der Waals surface area contributed by atoms with E-state index >= 15 is 0 Å². The van der Waals surface area contributed by atoms with Crippen molar-refractivity contribution in [3.05, 3.63) is 70.8 Å². The first kappa shape index (κ1) is 12.7. The van der Waals surface area contributed by atoms with Gasteiger partial charge in [0.25, 0.3) is 0 Å². The Morgan fingerprint density at radius 3 is 2.50 bits per heavy atom. The summed E-state index contributed by atoms with van der Waals surface area (Å²) in [5.74, 6) is -1.91. The van der Waals surface area contributed by atoms with E-state index in [0.717, 1.165) is 17.2 Å². The molecular weight excluding hydrogens is 234 g/mol. The zero-order valence-corrected chi connectivity index (χ0v) is 10.0. The number of hydrogen-bond acceptors (Lipinski definition) is 1. The van der Waals surface area contributed by atoms with Crippen molar-refractivity contribution >= 4 is 0 Å². The van der Waals surface area contributed by atoms with E-state index in [1.807, 2.05) is 31.2 Å². The molecule has 0 aliphatic rings. The summed E-state index contributed by atoms with van der Waals surface area (Å²) < 4.78 is 26.6. The molecule has 2 aromatic carbocycles. The van der Waals surface area contributed by atoms with Gasteiger partial charge in [-0.25, -0.2) is 8.78 Å². The van der Waals surface area contributed by atoms with Crippen molar-refractivity contribution in [2.75, 3.05) is 0 Å². The molecule has 0 spiro atoms. The highest BCUT2D eigenvalue weighted by molar-refractivity contribution is 5.29. The number of rotatable bonds is 3. The summed E-state index contributed by atoms with van der Waals surface area (Å²) >= 11 is 0. The minimum atomic E-state index is -1.04. The summed E-state index contributed by atoms with van der Waals surface area (Å²) in [6.07, 6.45) is -0.769. The van der Waals surface area contributed by atoms with E-state index in [2.05, 4.69) is 0 Å². The van der Waals surface area contributed by atoms with Gasteiger partial charge in [-0.05, 0) is 24.1 Å². The van der Waals surface area contributed by atoms with Crippen LogP contribution in [0, 0.1) is 18.6 Å². The molecule has 0 fully saturated rings. The molecule has 2 rings (SSSR count). The Kier molecular flexibility index (Phi) is 3.72. The highest BCUT2D eigenvalue weighted by Gasteiger charge is 2.16. The van der Waals surface area contributed by atoms with E-state index in [-0.39, 0.29) is 12.0 Å². The Hall–Kier alpha value is -1.74. The SMILES string of the molecule is Cc1ccccc1CC(O)c1cccc(F)c1F. The maximum atomic E-state index is 13.5. The molecular formula is C15H14F2O. The second-order valence-corrected chi connectivity index (χ2v) is 4.29. The van der Waals surface area contributed by atoms with Crippen LogP contribution in [0.4, 0.5) is 8.78 Å². The fourth-order valence-corrected chi connectivity index (χ4v) is 1.94. The van der Waals surface area contributed by atoms with Crippen molar-refractivity contribution < 1.29 is 13.9 Å². The molecule has 18 heavy (non-hydrogen) atoms. The normalized spacial score (nSPS) is 12.4.